The lowest BCUT2D eigenvalue weighted by atomic mass is 10.0. The molecule has 0 bridgehead atoms. The van der Waals surface area contributed by atoms with Crippen LogP contribution in [0.25, 0.3) is 0 Å². The van der Waals surface area contributed by atoms with Gasteiger partial charge in [-0.1, -0.05) is 147 Å². The van der Waals surface area contributed by atoms with Crippen molar-refractivity contribution in [2.24, 2.45) is 0 Å². The van der Waals surface area contributed by atoms with Gasteiger partial charge in [0, 0.05) is 6.42 Å². The van der Waals surface area contributed by atoms with E-state index in [9.17, 15) is 14.7 Å². The number of carboxylic acid groups (broad SMARTS) is 1. The topological polar surface area (TPSA) is 63.6 Å². The molecule has 0 saturated heterocycles. The maximum Gasteiger partial charge on any atom is 0.345 e. The second-order valence-corrected chi connectivity index (χ2v) is 11.3. The van der Waals surface area contributed by atoms with Crippen LogP contribution in [0.5, 0.6) is 0 Å². The summed E-state index contributed by atoms with van der Waals surface area (Å²) in [6.45, 7) is 4.49. The minimum absolute atomic E-state index is 0.326. The first-order valence-corrected chi connectivity index (χ1v) is 16.8. The Hall–Kier alpha value is -1.58. The van der Waals surface area contributed by atoms with Crippen LogP contribution in [0.1, 0.15) is 181 Å². The normalized spacial score (nSPS) is 12.5. The summed E-state index contributed by atoms with van der Waals surface area (Å²) in [5.74, 6) is -1.37. The number of rotatable bonds is 30. The average Bonchev–Trinajstić information content (AvgIpc) is 2.92. The molecule has 0 aromatic carbocycles. The summed E-state index contributed by atoms with van der Waals surface area (Å²) < 4.78 is 5.28. The molecule has 4 heteroatoms. The SMILES string of the molecule is CCCCC/C=C\C/C=C\CCCCCCCC(=O)OC(CCCCCCCCCCCCCCC)C(=O)O. The van der Waals surface area contributed by atoms with Gasteiger partial charge in [0.15, 0.2) is 6.10 Å². The molecule has 1 atom stereocenters. The Bertz CT molecular complexity index is 595. The minimum atomic E-state index is -1.01. The van der Waals surface area contributed by atoms with E-state index >= 15 is 0 Å². The highest BCUT2D eigenvalue weighted by Gasteiger charge is 2.21. The number of carbonyl (C=O) groups is 2. The van der Waals surface area contributed by atoms with Gasteiger partial charge in [0.2, 0.25) is 0 Å². The fourth-order valence-corrected chi connectivity index (χ4v) is 4.88. The molecule has 0 aliphatic heterocycles. The highest BCUT2D eigenvalue weighted by molar-refractivity contribution is 5.77. The molecule has 0 saturated carbocycles. The van der Waals surface area contributed by atoms with Gasteiger partial charge in [0.1, 0.15) is 0 Å². The minimum Gasteiger partial charge on any atom is -0.479 e. The Balaban J connectivity index is 3.62. The van der Waals surface area contributed by atoms with Crippen molar-refractivity contribution < 1.29 is 19.4 Å². The van der Waals surface area contributed by atoms with Crippen LogP contribution in [-0.2, 0) is 14.3 Å². The van der Waals surface area contributed by atoms with Crippen molar-refractivity contribution in [3.8, 4) is 0 Å². The second-order valence-electron chi connectivity index (χ2n) is 11.3. The number of esters is 1. The van der Waals surface area contributed by atoms with Gasteiger partial charge in [0.05, 0.1) is 0 Å². The molecule has 4 nitrogen and oxygen atoms in total. The summed E-state index contributed by atoms with van der Waals surface area (Å²) in [4.78, 5) is 23.6. The zero-order valence-electron chi connectivity index (χ0n) is 25.9. The molecule has 0 radical (unpaired) electrons. The smallest absolute Gasteiger partial charge is 0.345 e. The number of hydrogen-bond acceptors (Lipinski definition) is 3. The van der Waals surface area contributed by atoms with E-state index in [1.807, 2.05) is 0 Å². The molecule has 0 heterocycles. The maximum atomic E-state index is 12.1. The molecular formula is C35H64O4. The Kier molecular flexibility index (Phi) is 29.7. The number of carboxylic acids is 1. The Labute approximate surface area is 242 Å². The Morgan fingerprint density at radius 2 is 0.974 bits per heavy atom. The van der Waals surface area contributed by atoms with Crippen molar-refractivity contribution in [2.45, 2.75) is 187 Å². The van der Waals surface area contributed by atoms with Gasteiger partial charge in [-0.2, -0.15) is 0 Å². The molecule has 0 spiro atoms. The number of carbonyl (C=O) groups excluding carboxylic acids is 1. The van der Waals surface area contributed by atoms with Crippen LogP contribution in [-0.4, -0.2) is 23.1 Å². The zero-order chi connectivity index (χ0) is 28.7. The monoisotopic (exact) mass is 548 g/mol. The van der Waals surface area contributed by atoms with E-state index in [-0.39, 0.29) is 5.97 Å². The summed E-state index contributed by atoms with van der Waals surface area (Å²) in [6, 6.07) is 0. The molecule has 0 aromatic heterocycles. The van der Waals surface area contributed by atoms with Crippen molar-refractivity contribution in [3.63, 3.8) is 0 Å². The lowest BCUT2D eigenvalue weighted by molar-refractivity contribution is -0.164. The lowest BCUT2D eigenvalue weighted by Crippen LogP contribution is -2.27. The van der Waals surface area contributed by atoms with E-state index in [0.717, 1.165) is 51.4 Å². The molecule has 228 valence electrons. The third-order valence-corrected chi connectivity index (χ3v) is 7.45. The maximum absolute atomic E-state index is 12.1. The van der Waals surface area contributed by atoms with Crippen LogP contribution < -0.4 is 0 Å². The lowest BCUT2D eigenvalue weighted by Gasteiger charge is -2.13. The Morgan fingerprint density at radius 1 is 0.564 bits per heavy atom. The van der Waals surface area contributed by atoms with Gasteiger partial charge in [-0.3, -0.25) is 4.79 Å². The van der Waals surface area contributed by atoms with Crippen molar-refractivity contribution in [2.75, 3.05) is 0 Å². The van der Waals surface area contributed by atoms with Crippen LogP contribution in [0.2, 0.25) is 0 Å². The third-order valence-electron chi connectivity index (χ3n) is 7.45. The molecular weight excluding hydrogens is 484 g/mol. The second kappa shape index (κ2) is 31.0. The van der Waals surface area contributed by atoms with E-state index in [4.69, 9.17) is 4.74 Å². The highest BCUT2D eigenvalue weighted by atomic mass is 16.6. The predicted molar refractivity (Wildman–Crippen MR) is 167 cm³/mol. The van der Waals surface area contributed by atoms with E-state index in [1.165, 1.54) is 103 Å². The fourth-order valence-electron chi connectivity index (χ4n) is 4.88. The van der Waals surface area contributed by atoms with E-state index < -0.39 is 12.1 Å². The van der Waals surface area contributed by atoms with Gasteiger partial charge in [-0.15, -0.1) is 0 Å². The molecule has 0 aliphatic carbocycles. The largest absolute Gasteiger partial charge is 0.479 e. The standard InChI is InChI=1S/C35H64O4/c1-3-5-7-9-11-13-15-17-18-20-22-24-26-28-30-32-34(36)39-33(35(37)38)31-29-27-25-23-21-19-16-14-12-10-8-6-4-2/h11,13,17-18,33H,3-10,12,14-16,19-32H2,1-2H3,(H,37,38)/b13-11-,18-17-. The predicted octanol–water partition coefficient (Wildman–Crippen LogP) is 11.3. The van der Waals surface area contributed by atoms with Crippen molar-refractivity contribution in [1.82, 2.24) is 0 Å². The molecule has 0 amide bonds. The summed E-state index contributed by atoms with van der Waals surface area (Å²) in [5.41, 5.74) is 0. The first-order chi connectivity index (χ1) is 19.1. The number of aliphatic carboxylic acids is 1. The Morgan fingerprint density at radius 3 is 1.49 bits per heavy atom. The summed E-state index contributed by atoms with van der Waals surface area (Å²) in [6.07, 6.45) is 37.7. The number of unbranched alkanes of at least 4 members (excludes halogenated alkanes) is 20. The summed E-state index contributed by atoms with van der Waals surface area (Å²) in [7, 11) is 0. The van der Waals surface area contributed by atoms with Gasteiger partial charge in [-0.25, -0.2) is 4.79 Å². The zero-order valence-corrected chi connectivity index (χ0v) is 25.9. The molecule has 1 N–H and O–H groups in total. The van der Waals surface area contributed by atoms with Crippen molar-refractivity contribution >= 4 is 11.9 Å². The third kappa shape index (κ3) is 29.2. The van der Waals surface area contributed by atoms with E-state index in [1.54, 1.807) is 0 Å². The van der Waals surface area contributed by atoms with Gasteiger partial charge < -0.3 is 9.84 Å². The van der Waals surface area contributed by atoms with Crippen LogP contribution in [0.3, 0.4) is 0 Å². The molecule has 1 unspecified atom stereocenters. The van der Waals surface area contributed by atoms with Crippen LogP contribution in [0, 0.1) is 0 Å². The fraction of sp³-hybridized carbons (Fsp3) is 0.829. The number of hydrogen-bond donors (Lipinski definition) is 1. The average molecular weight is 549 g/mol. The summed E-state index contributed by atoms with van der Waals surface area (Å²) in [5, 5.41) is 9.43. The highest BCUT2D eigenvalue weighted by Crippen LogP contribution is 2.15. The number of ether oxygens (including phenoxy) is 1. The molecule has 0 aliphatic rings. The van der Waals surface area contributed by atoms with Crippen molar-refractivity contribution in [1.29, 1.82) is 0 Å². The summed E-state index contributed by atoms with van der Waals surface area (Å²) >= 11 is 0. The molecule has 0 fully saturated rings. The van der Waals surface area contributed by atoms with E-state index in [0.29, 0.717) is 12.8 Å². The van der Waals surface area contributed by atoms with Gasteiger partial charge in [-0.05, 0) is 51.4 Å². The number of allylic oxidation sites excluding steroid dienone is 4. The van der Waals surface area contributed by atoms with Gasteiger partial charge >= 0.3 is 11.9 Å². The van der Waals surface area contributed by atoms with Crippen LogP contribution in [0.4, 0.5) is 0 Å². The van der Waals surface area contributed by atoms with Crippen LogP contribution >= 0.6 is 0 Å². The molecule has 0 aromatic rings. The first kappa shape index (κ1) is 37.4. The van der Waals surface area contributed by atoms with Crippen molar-refractivity contribution in [3.05, 3.63) is 24.3 Å². The molecule has 39 heavy (non-hydrogen) atoms. The van der Waals surface area contributed by atoms with Crippen LogP contribution in [0.15, 0.2) is 24.3 Å². The van der Waals surface area contributed by atoms with Gasteiger partial charge in [0.25, 0.3) is 0 Å². The quantitative estimate of drug-likeness (QED) is 0.0550. The molecule has 0 rings (SSSR count). The van der Waals surface area contributed by atoms with E-state index in [2.05, 4.69) is 38.2 Å². The first-order valence-electron chi connectivity index (χ1n) is 16.8.